The smallest absolute Gasteiger partial charge is 0.430 e. The van der Waals surface area contributed by atoms with E-state index < -0.39 is 23.2 Å². The molecule has 40 heavy (non-hydrogen) atoms. The Labute approximate surface area is 236 Å². The molecule has 2 aromatic rings. The zero-order valence-electron chi connectivity index (χ0n) is 22.9. The summed E-state index contributed by atoms with van der Waals surface area (Å²) in [5.74, 6) is -0.0899. The van der Waals surface area contributed by atoms with Gasteiger partial charge in [0.25, 0.3) is 17.4 Å². The van der Waals surface area contributed by atoms with Gasteiger partial charge < -0.3 is 24.5 Å². The van der Waals surface area contributed by atoms with Crippen molar-refractivity contribution in [1.82, 2.24) is 14.8 Å². The number of carbonyl (C=O) groups excluding carboxylic acids is 2. The van der Waals surface area contributed by atoms with Gasteiger partial charge in [0.15, 0.2) is 0 Å². The van der Waals surface area contributed by atoms with Crippen LogP contribution in [0.25, 0.3) is 0 Å². The number of halogens is 4. The molecule has 1 aliphatic heterocycles. The average molecular weight is 583 g/mol. The Bertz CT molecular complexity index is 1250. The maximum absolute atomic E-state index is 14.1. The lowest BCUT2D eigenvalue weighted by Crippen LogP contribution is -2.55. The normalized spacial score (nSPS) is 21.0. The van der Waals surface area contributed by atoms with E-state index in [9.17, 15) is 27.9 Å². The molecule has 1 N–H and O–H groups in total. The summed E-state index contributed by atoms with van der Waals surface area (Å²) in [6.07, 6.45) is -2.66. The highest BCUT2D eigenvalue weighted by atomic mass is 35.5. The van der Waals surface area contributed by atoms with Crippen molar-refractivity contribution in [2.75, 3.05) is 52.8 Å². The fourth-order valence-corrected chi connectivity index (χ4v) is 5.81. The predicted molar refractivity (Wildman–Crippen MR) is 144 cm³/mol. The second-order valence-electron chi connectivity index (χ2n) is 10.8. The van der Waals surface area contributed by atoms with Gasteiger partial charge in [0.1, 0.15) is 16.7 Å². The van der Waals surface area contributed by atoms with Gasteiger partial charge in [0, 0.05) is 46.3 Å². The monoisotopic (exact) mass is 582 g/mol. The molecular weight excluding hydrogens is 549 g/mol. The molecule has 1 aliphatic carbocycles. The molecule has 12 heteroatoms. The summed E-state index contributed by atoms with van der Waals surface area (Å²) < 4.78 is 47.2. The number of amides is 2. The molecule has 1 unspecified atom stereocenters. The molecule has 2 amide bonds. The van der Waals surface area contributed by atoms with Crippen molar-refractivity contribution in [3.05, 3.63) is 52.7 Å². The van der Waals surface area contributed by atoms with Crippen molar-refractivity contribution in [3.8, 4) is 5.75 Å². The molecule has 2 fully saturated rings. The van der Waals surface area contributed by atoms with E-state index in [1.165, 1.54) is 31.2 Å². The van der Waals surface area contributed by atoms with Crippen LogP contribution in [0.2, 0.25) is 5.15 Å². The Kier molecular flexibility index (Phi) is 8.56. The molecule has 0 radical (unpaired) electrons. The van der Waals surface area contributed by atoms with Crippen molar-refractivity contribution in [3.63, 3.8) is 0 Å². The molecule has 2 heterocycles. The fraction of sp³-hybridized carbons (Fsp3) is 0.536. The van der Waals surface area contributed by atoms with Crippen LogP contribution in [0.15, 0.2) is 36.4 Å². The lowest BCUT2D eigenvalue weighted by atomic mass is 9.90. The minimum atomic E-state index is -5.21. The average Bonchev–Trinajstić information content (AvgIpc) is 3.70. The molecular formula is C28H34ClF3N4O4. The minimum Gasteiger partial charge on any atom is -0.497 e. The highest BCUT2D eigenvalue weighted by Gasteiger charge is 2.62. The van der Waals surface area contributed by atoms with Gasteiger partial charge in [-0.05, 0) is 61.3 Å². The summed E-state index contributed by atoms with van der Waals surface area (Å²) >= 11 is 6.27. The number of alkyl halides is 3. The van der Waals surface area contributed by atoms with Crippen molar-refractivity contribution >= 4 is 29.2 Å². The van der Waals surface area contributed by atoms with Crippen LogP contribution >= 0.6 is 11.6 Å². The quantitative estimate of drug-likeness (QED) is 0.470. The number of hydrogen-bond donors (Lipinski definition) is 1. The van der Waals surface area contributed by atoms with Gasteiger partial charge in [-0.25, -0.2) is 4.98 Å². The Balaban J connectivity index is 1.35. The summed E-state index contributed by atoms with van der Waals surface area (Å²) in [7, 11) is 5.89. The van der Waals surface area contributed by atoms with Crippen LogP contribution in [-0.2, 0) is 10.4 Å². The number of rotatable bonds is 8. The predicted octanol–water partition coefficient (Wildman–Crippen LogP) is 4.21. The van der Waals surface area contributed by atoms with E-state index >= 15 is 0 Å². The maximum Gasteiger partial charge on any atom is 0.430 e. The van der Waals surface area contributed by atoms with Crippen LogP contribution in [0.5, 0.6) is 5.75 Å². The fourth-order valence-electron chi connectivity index (χ4n) is 5.58. The highest BCUT2D eigenvalue weighted by Crippen LogP contribution is 2.49. The summed E-state index contributed by atoms with van der Waals surface area (Å²) in [6.45, 7) is 1.60. The van der Waals surface area contributed by atoms with Gasteiger partial charge in [0.05, 0.1) is 12.7 Å². The van der Waals surface area contributed by atoms with Gasteiger partial charge in [0.2, 0.25) is 0 Å². The number of carbonyl (C=O) groups is 2. The number of pyridine rings is 1. The van der Waals surface area contributed by atoms with E-state index in [4.69, 9.17) is 16.3 Å². The summed E-state index contributed by atoms with van der Waals surface area (Å²) in [5, 5.41) is 10.9. The maximum atomic E-state index is 14.1. The Morgan fingerprint density at radius 1 is 1.15 bits per heavy atom. The number of methoxy groups -OCH3 is 1. The van der Waals surface area contributed by atoms with Crippen LogP contribution in [0.3, 0.4) is 0 Å². The zero-order chi connectivity index (χ0) is 29.4. The molecule has 1 saturated heterocycles. The lowest BCUT2D eigenvalue weighted by Gasteiger charge is -2.34. The Morgan fingerprint density at radius 3 is 2.40 bits per heavy atom. The molecule has 1 aromatic carbocycles. The van der Waals surface area contributed by atoms with Gasteiger partial charge in [-0.1, -0.05) is 23.7 Å². The Morgan fingerprint density at radius 2 is 1.82 bits per heavy atom. The van der Waals surface area contributed by atoms with Crippen LogP contribution in [-0.4, -0.2) is 85.8 Å². The first-order chi connectivity index (χ1) is 18.8. The van der Waals surface area contributed by atoms with Gasteiger partial charge in [-0.3, -0.25) is 9.59 Å². The van der Waals surface area contributed by atoms with E-state index in [1.54, 1.807) is 26.2 Å². The summed E-state index contributed by atoms with van der Waals surface area (Å²) in [4.78, 5) is 34.2. The third-order valence-electron chi connectivity index (χ3n) is 7.98. The Hall–Kier alpha value is -3.05. The van der Waals surface area contributed by atoms with Crippen LogP contribution < -0.4 is 9.64 Å². The second kappa shape index (κ2) is 11.4. The number of hydrogen-bond acceptors (Lipinski definition) is 6. The molecule has 0 spiro atoms. The number of likely N-dealkylation sites (N-methyl/N-ethyl adjacent to an activating group) is 1. The standard InChI is InChI=1S/C28H34ClF3N4O4/c1-34(2)25(37)21-8-9-23(33-24(21)29)36-12-10-17(11-13-36)22-14-18(22)16-35(3)26(38)27(39,28(30,31)32)19-6-5-7-20(15-19)40-4/h5-9,15,17-18,22,39H,10-14,16H2,1-4H3/t18-,22+,27?/m0/s1. The van der Waals surface area contributed by atoms with Crippen LogP contribution in [0.1, 0.15) is 35.2 Å². The molecule has 4 rings (SSSR count). The molecule has 0 bridgehead atoms. The van der Waals surface area contributed by atoms with E-state index in [0.29, 0.717) is 23.2 Å². The lowest BCUT2D eigenvalue weighted by molar-refractivity contribution is -0.261. The number of ether oxygens (including phenoxy) is 1. The van der Waals surface area contributed by atoms with E-state index in [-0.39, 0.29) is 29.3 Å². The molecule has 3 atom stereocenters. The van der Waals surface area contributed by atoms with Crippen molar-refractivity contribution in [1.29, 1.82) is 0 Å². The number of benzene rings is 1. The molecule has 218 valence electrons. The van der Waals surface area contributed by atoms with Crippen molar-refractivity contribution in [2.24, 2.45) is 17.8 Å². The van der Waals surface area contributed by atoms with E-state index in [1.807, 2.05) is 0 Å². The largest absolute Gasteiger partial charge is 0.497 e. The first kappa shape index (κ1) is 29.9. The first-order valence-corrected chi connectivity index (χ1v) is 13.5. The van der Waals surface area contributed by atoms with Crippen molar-refractivity contribution in [2.45, 2.75) is 31.0 Å². The highest BCUT2D eigenvalue weighted by molar-refractivity contribution is 6.32. The minimum absolute atomic E-state index is 0.0668. The topological polar surface area (TPSA) is 86.2 Å². The number of aliphatic hydroxyl groups is 1. The van der Waals surface area contributed by atoms with Crippen molar-refractivity contribution < 1.29 is 32.6 Å². The first-order valence-electron chi connectivity index (χ1n) is 13.1. The van der Waals surface area contributed by atoms with E-state index in [0.717, 1.165) is 49.4 Å². The summed E-state index contributed by atoms with van der Waals surface area (Å²) in [5.41, 5.74) is -3.91. The van der Waals surface area contributed by atoms with E-state index in [2.05, 4.69) is 9.88 Å². The van der Waals surface area contributed by atoms with Crippen LogP contribution in [0, 0.1) is 17.8 Å². The third kappa shape index (κ3) is 5.85. The second-order valence-corrected chi connectivity index (χ2v) is 11.2. The third-order valence-corrected chi connectivity index (χ3v) is 8.27. The number of piperidine rings is 1. The molecule has 2 aliphatic rings. The SMILES string of the molecule is COc1cccc(C(O)(C(=O)N(C)C[C@@H]2C[C@@H]2C2CCN(c3ccc(C(=O)N(C)C)c(Cl)n3)CC2)C(F)(F)F)c1. The van der Waals surface area contributed by atoms with Gasteiger partial charge in [-0.2, -0.15) is 13.2 Å². The molecule has 8 nitrogen and oxygen atoms in total. The number of nitrogens with zero attached hydrogens (tertiary/aromatic N) is 4. The van der Waals surface area contributed by atoms with Gasteiger partial charge >= 0.3 is 6.18 Å². The zero-order valence-corrected chi connectivity index (χ0v) is 23.7. The van der Waals surface area contributed by atoms with Gasteiger partial charge in [-0.15, -0.1) is 0 Å². The summed E-state index contributed by atoms with van der Waals surface area (Å²) in [6, 6.07) is 8.32. The molecule has 1 aromatic heterocycles. The number of aromatic nitrogens is 1. The van der Waals surface area contributed by atoms with Crippen LogP contribution in [0.4, 0.5) is 19.0 Å². The molecule has 1 saturated carbocycles. The number of anilines is 1.